The lowest BCUT2D eigenvalue weighted by molar-refractivity contribution is -0.0509. The lowest BCUT2D eigenvalue weighted by atomic mass is 9.87. The van der Waals surface area contributed by atoms with Crippen LogP contribution in [-0.4, -0.2) is 17.6 Å². The van der Waals surface area contributed by atoms with Crippen LogP contribution in [0.5, 0.6) is 0 Å². The molecule has 0 aromatic rings. The maximum absolute atomic E-state index is 12.6. The first kappa shape index (κ1) is 5.47. The summed E-state index contributed by atoms with van der Waals surface area (Å²) in [4.78, 5) is 0. The molecule has 0 saturated heterocycles. The van der Waals surface area contributed by atoms with Crippen molar-refractivity contribution in [2.75, 3.05) is 6.56 Å². The highest BCUT2D eigenvalue weighted by Crippen LogP contribution is 2.35. The molecule has 0 radical (unpaired) electrons. The van der Waals surface area contributed by atoms with Crippen molar-refractivity contribution in [3.8, 4) is 0 Å². The minimum atomic E-state index is -2.65. The number of halogens is 2. The molecule has 1 aliphatic carbocycles. The zero-order valence-electron chi connectivity index (χ0n) is 7.61. The third kappa shape index (κ3) is 1.90. The fourth-order valence-corrected chi connectivity index (χ4v) is 1.17. The number of aliphatic hydroxyl groups is 1. The third-order valence-electron chi connectivity index (χ3n) is 1.90. The first-order chi connectivity index (χ1) is 5.31. The Morgan fingerprint density at radius 3 is 2.40 bits per heavy atom. The zero-order chi connectivity index (χ0) is 9.41. The summed E-state index contributed by atoms with van der Waals surface area (Å²) >= 11 is 0. The van der Waals surface area contributed by atoms with Gasteiger partial charge in [0.05, 0.1) is 2.74 Å². The molecule has 3 heteroatoms. The summed E-state index contributed by atoms with van der Waals surface area (Å²) in [7, 11) is 0. The van der Waals surface area contributed by atoms with Crippen LogP contribution in [0.2, 0.25) is 0 Å². The predicted octanol–water partition coefficient (Wildman–Crippen LogP) is 1.80. The van der Waals surface area contributed by atoms with E-state index in [2.05, 4.69) is 0 Å². The van der Waals surface area contributed by atoms with E-state index < -0.39 is 18.4 Å². The van der Waals surface area contributed by atoms with E-state index in [1.54, 1.807) is 0 Å². The van der Waals surface area contributed by atoms with Gasteiger partial charge in [-0.15, -0.1) is 0 Å². The highest BCUT2D eigenvalue weighted by Gasteiger charge is 2.34. The van der Waals surface area contributed by atoms with Crippen molar-refractivity contribution in [3.63, 3.8) is 0 Å². The van der Waals surface area contributed by atoms with Crippen LogP contribution in [0.15, 0.2) is 0 Å². The predicted molar refractivity (Wildman–Crippen MR) is 34.0 cm³/mol. The highest BCUT2D eigenvalue weighted by molar-refractivity contribution is 4.76. The summed E-state index contributed by atoms with van der Waals surface area (Å²) < 4.78 is 39.0. The average molecular weight is 152 g/mol. The fraction of sp³-hybridized carbons (Fsp3) is 1.00. The molecule has 1 nitrogen and oxygen atoms in total. The van der Waals surface area contributed by atoms with Crippen LogP contribution < -0.4 is 0 Å². The minimum absolute atomic E-state index is 0.0660. The van der Waals surface area contributed by atoms with Gasteiger partial charge in [0, 0.05) is 19.4 Å². The Labute approximate surface area is 61.9 Å². The van der Waals surface area contributed by atoms with Gasteiger partial charge in [0.25, 0.3) is 0 Å². The Morgan fingerprint density at radius 2 is 2.00 bits per heavy atom. The molecule has 1 fully saturated rings. The quantitative estimate of drug-likeness (QED) is 0.607. The van der Waals surface area contributed by atoms with E-state index in [-0.39, 0.29) is 25.7 Å². The van der Waals surface area contributed by atoms with Crippen molar-refractivity contribution in [1.82, 2.24) is 0 Å². The second-order valence-corrected chi connectivity index (χ2v) is 2.76. The summed E-state index contributed by atoms with van der Waals surface area (Å²) in [6.45, 7) is -2.30. The largest absolute Gasteiger partial charge is 0.396 e. The topological polar surface area (TPSA) is 20.2 Å². The molecule has 10 heavy (non-hydrogen) atoms. The van der Waals surface area contributed by atoms with Gasteiger partial charge in [-0.2, -0.15) is 0 Å². The average Bonchev–Trinajstić information content (AvgIpc) is 1.83. The Bertz CT molecular complexity index is 157. The zero-order valence-corrected chi connectivity index (χ0v) is 5.61. The van der Waals surface area contributed by atoms with Gasteiger partial charge < -0.3 is 5.11 Å². The maximum Gasteiger partial charge on any atom is 0.248 e. The van der Waals surface area contributed by atoms with Crippen LogP contribution in [0.1, 0.15) is 28.4 Å². The summed E-state index contributed by atoms with van der Waals surface area (Å²) in [6, 6.07) is 0. The molecule has 1 rings (SSSR count). The molecule has 0 atom stereocenters. The van der Waals surface area contributed by atoms with Crippen LogP contribution in [-0.2, 0) is 0 Å². The smallest absolute Gasteiger partial charge is 0.248 e. The lowest BCUT2D eigenvalue weighted by Gasteiger charge is -2.26. The van der Waals surface area contributed by atoms with Crippen molar-refractivity contribution < 1.29 is 16.6 Å². The molecule has 60 valence electrons. The number of hydrogen-bond acceptors (Lipinski definition) is 1. The van der Waals surface area contributed by atoms with Crippen molar-refractivity contribution in [2.45, 2.75) is 31.6 Å². The van der Waals surface area contributed by atoms with Gasteiger partial charge >= 0.3 is 0 Å². The van der Waals surface area contributed by atoms with Crippen LogP contribution in [0.4, 0.5) is 8.78 Å². The van der Waals surface area contributed by atoms with E-state index >= 15 is 0 Å². The van der Waals surface area contributed by atoms with Gasteiger partial charge in [-0.3, -0.25) is 0 Å². The molecular formula is C7H12F2O. The van der Waals surface area contributed by atoms with Gasteiger partial charge in [0.2, 0.25) is 5.92 Å². The van der Waals surface area contributed by atoms with Crippen LogP contribution in [0.3, 0.4) is 0 Å². The summed E-state index contributed by atoms with van der Waals surface area (Å²) in [5.41, 5.74) is 0. The second-order valence-electron chi connectivity index (χ2n) is 2.76. The van der Waals surface area contributed by atoms with Gasteiger partial charge in [-0.25, -0.2) is 8.78 Å². The molecule has 0 aromatic carbocycles. The molecule has 0 amide bonds. The Balaban J connectivity index is 2.47. The van der Waals surface area contributed by atoms with Crippen molar-refractivity contribution in [1.29, 1.82) is 0 Å². The van der Waals surface area contributed by atoms with Gasteiger partial charge in [-0.1, -0.05) is 0 Å². The van der Waals surface area contributed by atoms with Crippen LogP contribution in [0.25, 0.3) is 0 Å². The number of hydrogen-bond donors (Lipinski definition) is 1. The Kier molecular flexibility index (Phi) is 1.54. The highest BCUT2D eigenvalue weighted by atomic mass is 19.3. The maximum atomic E-state index is 12.6. The van der Waals surface area contributed by atoms with Crippen molar-refractivity contribution >= 4 is 0 Å². The van der Waals surface area contributed by atoms with E-state index in [0.717, 1.165) is 0 Å². The summed E-state index contributed by atoms with van der Waals surface area (Å²) in [6.07, 6.45) is -0.484. The molecule has 0 aliphatic heterocycles. The van der Waals surface area contributed by atoms with Gasteiger partial charge in [0.15, 0.2) is 0 Å². The second kappa shape index (κ2) is 2.82. The van der Waals surface area contributed by atoms with E-state index in [1.165, 1.54) is 0 Å². The molecule has 0 spiro atoms. The molecule has 0 aromatic heterocycles. The minimum Gasteiger partial charge on any atom is -0.396 e. The van der Waals surface area contributed by atoms with E-state index in [9.17, 15) is 8.78 Å². The first-order valence-corrected chi connectivity index (χ1v) is 3.41. The molecule has 0 heterocycles. The lowest BCUT2D eigenvalue weighted by Crippen LogP contribution is -2.25. The number of alkyl halides is 2. The normalized spacial score (nSPS) is 31.1. The standard InChI is InChI=1S/C7H12F2O/c8-7(9)3-1-6(5-10)2-4-7/h6,10H,1-5H2/i5D2. The van der Waals surface area contributed by atoms with E-state index in [1.807, 2.05) is 0 Å². The molecule has 1 N–H and O–H groups in total. The molecule has 1 aliphatic rings. The Hall–Kier alpha value is -0.180. The summed E-state index contributed by atoms with van der Waals surface area (Å²) in [5, 5.41) is 8.90. The molecule has 0 bridgehead atoms. The van der Waals surface area contributed by atoms with Crippen molar-refractivity contribution in [3.05, 3.63) is 0 Å². The fourth-order valence-electron chi connectivity index (χ4n) is 1.17. The monoisotopic (exact) mass is 152 g/mol. The molecule has 1 saturated carbocycles. The first-order valence-electron chi connectivity index (χ1n) is 4.41. The van der Waals surface area contributed by atoms with Crippen molar-refractivity contribution in [2.24, 2.45) is 5.92 Å². The van der Waals surface area contributed by atoms with Gasteiger partial charge in [0.1, 0.15) is 0 Å². The SMILES string of the molecule is [2H]C([2H])(O)C1CCC(F)(F)CC1. The van der Waals surface area contributed by atoms with E-state index in [4.69, 9.17) is 7.85 Å². The third-order valence-corrected chi connectivity index (χ3v) is 1.90. The van der Waals surface area contributed by atoms with Crippen LogP contribution in [0, 0.1) is 5.92 Å². The Morgan fingerprint density at radius 1 is 1.50 bits per heavy atom. The molecular weight excluding hydrogens is 138 g/mol. The van der Waals surface area contributed by atoms with Crippen LogP contribution >= 0.6 is 0 Å². The summed E-state index contributed by atoms with van der Waals surface area (Å²) in [5.74, 6) is -3.28. The number of rotatable bonds is 1. The molecule has 0 unspecified atom stereocenters. The van der Waals surface area contributed by atoms with E-state index in [0.29, 0.717) is 0 Å². The van der Waals surface area contributed by atoms with Gasteiger partial charge in [-0.05, 0) is 18.8 Å².